The van der Waals surface area contributed by atoms with Crippen molar-refractivity contribution in [2.75, 3.05) is 0 Å². The molecule has 0 aromatic carbocycles. The highest BCUT2D eigenvalue weighted by atomic mass is 79.9. The lowest BCUT2D eigenvalue weighted by atomic mass is 10.4. The summed E-state index contributed by atoms with van der Waals surface area (Å²) in [5.41, 5.74) is -1.19. The zero-order valence-electron chi connectivity index (χ0n) is 10.5. The first-order valence-corrected chi connectivity index (χ1v) is 7.43. The van der Waals surface area contributed by atoms with Gasteiger partial charge in [0.1, 0.15) is 10.4 Å². The van der Waals surface area contributed by atoms with Gasteiger partial charge in [0, 0.05) is 6.20 Å². The molecule has 3 aromatic heterocycles. The fourth-order valence-corrected chi connectivity index (χ4v) is 3.41. The van der Waals surface area contributed by atoms with Gasteiger partial charge in [0.2, 0.25) is 5.88 Å². The number of nitrogens with one attached hydrogen (secondary N) is 1. The Bertz CT molecular complexity index is 966. The number of hydrogen-bond acceptors (Lipinski definition) is 5. The lowest BCUT2D eigenvalue weighted by Crippen LogP contribution is -2.33. The molecule has 10 heteroatoms. The van der Waals surface area contributed by atoms with E-state index < -0.39 is 23.7 Å². The molecule has 0 aliphatic heterocycles. The van der Waals surface area contributed by atoms with Crippen LogP contribution in [0.2, 0.25) is 0 Å². The molecule has 0 saturated heterocycles. The third kappa shape index (κ3) is 2.55. The van der Waals surface area contributed by atoms with Crippen molar-refractivity contribution in [3.63, 3.8) is 0 Å². The number of H-pyrrole nitrogens is 1. The van der Waals surface area contributed by atoms with Crippen molar-refractivity contribution in [3.8, 4) is 11.6 Å². The van der Waals surface area contributed by atoms with E-state index in [-0.39, 0.29) is 10.4 Å². The Balaban J connectivity index is 2.31. The number of ether oxygens (including phenoxy) is 1. The highest BCUT2D eigenvalue weighted by Crippen LogP contribution is 2.26. The zero-order chi connectivity index (χ0) is 15.9. The summed E-state index contributed by atoms with van der Waals surface area (Å²) in [5, 5.41) is 0. The second-order valence-electron chi connectivity index (χ2n) is 4.07. The molecule has 0 saturated carbocycles. The Morgan fingerprint density at radius 1 is 1.41 bits per heavy atom. The Kier molecular flexibility index (Phi) is 3.79. The molecule has 0 atom stereocenters. The number of alkyl halides is 2. The molecule has 3 aromatic rings. The summed E-state index contributed by atoms with van der Waals surface area (Å²) in [7, 11) is 0. The molecule has 3 heterocycles. The van der Waals surface area contributed by atoms with Crippen molar-refractivity contribution in [2.24, 2.45) is 0 Å². The summed E-state index contributed by atoms with van der Waals surface area (Å²) in [5.74, 6) is -0.500. The first-order chi connectivity index (χ1) is 10.5. The molecular weight excluding hydrogens is 384 g/mol. The number of thiophene rings is 1. The number of aromatic amines is 1. The van der Waals surface area contributed by atoms with Crippen LogP contribution in [0.15, 0.2) is 37.8 Å². The quantitative estimate of drug-likeness (QED) is 0.746. The second kappa shape index (κ2) is 5.61. The van der Waals surface area contributed by atoms with Crippen LogP contribution in [0.25, 0.3) is 15.9 Å². The van der Waals surface area contributed by atoms with Gasteiger partial charge in [-0.3, -0.25) is 4.79 Å². The second-order valence-corrected chi connectivity index (χ2v) is 6.50. The number of halogens is 3. The van der Waals surface area contributed by atoms with Gasteiger partial charge in [-0.15, -0.1) is 11.3 Å². The van der Waals surface area contributed by atoms with E-state index in [1.54, 1.807) is 6.07 Å². The molecule has 114 valence electrons. The number of nitrogens with zero attached hydrogens (tertiary/aromatic N) is 2. The highest BCUT2D eigenvalue weighted by molar-refractivity contribution is 9.11. The van der Waals surface area contributed by atoms with Crippen LogP contribution in [0.5, 0.6) is 5.88 Å². The topological polar surface area (TPSA) is 77.0 Å². The molecule has 0 aliphatic carbocycles. The molecule has 0 aliphatic rings. The Morgan fingerprint density at radius 2 is 2.18 bits per heavy atom. The van der Waals surface area contributed by atoms with Crippen LogP contribution in [0.3, 0.4) is 0 Å². The van der Waals surface area contributed by atoms with E-state index in [9.17, 15) is 18.4 Å². The Labute approximate surface area is 133 Å². The molecule has 0 unspecified atom stereocenters. The van der Waals surface area contributed by atoms with Gasteiger partial charge in [0.05, 0.1) is 9.30 Å². The van der Waals surface area contributed by atoms with E-state index in [0.717, 1.165) is 15.9 Å². The molecule has 22 heavy (non-hydrogen) atoms. The maximum atomic E-state index is 12.5. The van der Waals surface area contributed by atoms with E-state index in [4.69, 9.17) is 0 Å². The molecule has 1 N–H and O–H groups in total. The lowest BCUT2D eigenvalue weighted by Gasteiger charge is -2.10. The van der Waals surface area contributed by atoms with Gasteiger partial charge in [-0.1, -0.05) is 0 Å². The van der Waals surface area contributed by atoms with Crippen LogP contribution in [0.1, 0.15) is 0 Å². The first-order valence-electron chi connectivity index (χ1n) is 5.82. The fraction of sp³-hybridized carbons (Fsp3) is 0.0833. The van der Waals surface area contributed by atoms with E-state index in [1.165, 1.54) is 18.3 Å². The van der Waals surface area contributed by atoms with Gasteiger partial charge in [-0.2, -0.15) is 8.78 Å². The van der Waals surface area contributed by atoms with E-state index in [0.29, 0.717) is 9.30 Å². The van der Waals surface area contributed by atoms with Crippen molar-refractivity contribution in [2.45, 2.75) is 6.61 Å². The minimum atomic E-state index is -3.12. The van der Waals surface area contributed by atoms with E-state index in [2.05, 4.69) is 30.6 Å². The largest absolute Gasteiger partial charge is 0.415 e. The van der Waals surface area contributed by atoms with Gasteiger partial charge in [-0.05, 0) is 34.1 Å². The molecule has 0 bridgehead atoms. The number of fused-ring (bicyclic) bond motifs is 1. The van der Waals surface area contributed by atoms with Gasteiger partial charge in [-0.25, -0.2) is 14.3 Å². The Morgan fingerprint density at radius 3 is 2.91 bits per heavy atom. The molecule has 0 amide bonds. The minimum Gasteiger partial charge on any atom is -0.415 e. The van der Waals surface area contributed by atoms with Crippen molar-refractivity contribution >= 4 is 37.5 Å². The normalized spacial score (nSPS) is 11.3. The molecule has 0 spiro atoms. The van der Waals surface area contributed by atoms with E-state index in [1.807, 2.05) is 0 Å². The van der Waals surface area contributed by atoms with Crippen molar-refractivity contribution < 1.29 is 13.5 Å². The van der Waals surface area contributed by atoms with Crippen molar-refractivity contribution in [3.05, 3.63) is 49.0 Å². The monoisotopic (exact) mass is 389 g/mol. The van der Waals surface area contributed by atoms with Crippen LogP contribution in [-0.4, -0.2) is 21.1 Å². The fourth-order valence-electron chi connectivity index (χ4n) is 1.92. The minimum absolute atomic E-state index is 0.152. The van der Waals surface area contributed by atoms with E-state index >= 15 is 0 Å². The SMILES string of the molecule is O=c1[nH]c2cc(Br)sc2c(=O)n1-c1cccnc1OC(F)F. The average Bonchev–Trinajstić information content (AvgIpc) is 2.81. The van der Waals surface area contributed by atoms with Crippen molar-refractivity contribution in [1.29, 1.82) is 0 Å². The smallest absolute Gasteiger partial charge is 0.388 e. The molecule has 0 radical (unpaired) electrons. The first kappa shape index (κ1) is 14.9. The summed E-state index contributed by atoms with van der Waals surface area (Å²) >= 11 is 4.34. The van der Waals surface area contributed by atoms with Crippen molar-refractivity contribution in [1.82, 2.24) is 14.5 Å². The summed E-state index contributed by atoms with van der Waals surface area (Å²) in [4.78, 5) is 30.7. The lowest BCUT2D eigenvalue weighted by molar-refractivity contribution is -0.0528. The molecule has 3 rings (SSSR count). The predicted molar refractivity (Wildman–Crippen MR) is 80.2 cm³/mol. The van der Waals surface area contributed by atoms with Gasteiger partial charge < -0.3 is 9.72 Å². The number of pyridine rings is 1. The van der Waals surface area contributed by atoms with Gasteiger partial charge in [0.15, 0.2) is 0 Å². The summed E-state index contributed by atoms with van der Waals surface area (Å²) in [6, 6.07) is 4.30. The third-order valence-corrected chi connectivity index (χ3v) is 4.36. The predicted octanol–water partition coefficient (Wildman–Crippen LogP) is 2.50. The van der Waals surface area contributed by atoms with Crippen LogP contribution in [0.4, 0.5) is 8.78 Å². The van der Waals surface area contributed by atoms with Crippen LogP contribution in [0, 0.1) is 0 Å². The number of rotatable bonds is 3. The standard InChI is InChI=1S/C12H6BrF2N3O3S/c13-7-4-5-8(22-7)10(19)18(12(20)17-5)6-2-1-3-16-9(6)21-11(14)15/h1-4,11H,(H,17,20). The molecule has 6 nitrogen and oxygen atoms in total. The van der Waals surface area contributed by atoms with Gasteiger partial charge >= 0.3 is 12.3 Å². The number of aromatic nitrogens is 3. The number of hydrogen-bond donors (Lipinski definition) is 1. The van der Waals surface area contributed by atoms with Crippen LogP contribution < -0.4 is 16.0 Å². The maximum absolute atomic E-state index is 12.5. The zero-order valence-corrected chi connectivity index (χ0v) is 13.0. The molecular formula is C12H6BrF2N3O3S. The average molecular weight is 390 g/mol. The van der Waals surface area contributed by atoms with Gasteiger partial charge in [0.25, 0.3) is 5.56 Å². The Hall–Kier alpha value is -2.07. The highest BCUT2D eigenvalue weighted by Gasteiger charge is 2.18. The third-order valence-electron chi connectivity index (χ3n) is 2.74. The summed E-state index contributed by atoms with van der Waals surface area (Å²) < 4.78 is 30.8. The van der Waals surface area contributed by atoms with Crippen LogP contribution in [-0.2, 0) is 0 Å². The molecule has 0 fully saturated rings. The summed E-state index contributed by atoms with van der Waals surface area (Å²) in [6.07, 6.45) is 1.22. The summed E-state index contributed by atoms with van der Waals surface area (Å²) in [6.45, 7) is -3.12. The van der Waals surface area contributed by atoms with Crippen LogP contribution >= 0.6 is 27.3 Å². The maximum Gasteiger partial charge on any atom is 0.388 e.